The van der Waals surface area contributed by atoms with E-state index < -0.39 is 17.4 Å². The number of carbonyl (C=O) groups is 2. The molecule has 0 atom stereocenters. The van der Waals surface area contributed by atoms with Gasteiger partial charge in [-0.2, -0.15) is 0 Å². The van der Waals surface area contributed by atoms with Gasteiger partial charge in [-0.05, 0) is 53.6 Å². The van der Waals surface area contributed by atoms with Crippen LogP contribution in [0.2, 0.25) is 5.02 Å². The summed E-state index contributed by atoms with van der Waals surface area (Å²) in [5, 5.41) is 14.8. The first-order chi connectivity index (χ1) is 8.93. The van der Waals surface area contributed by atoms with Gasteiger partial charge in [0.15, 0.2) is 0 Å². The summed E-state index contributed by atoms with van der Waals surface area (Å²) in [4.78, 5) is 22.7. The number of nitrogens with one attached hydrogen (secondary N) is 2. The summed E-state index contributed by atoms with van der Waals surface area (Å²) < 4.78 is 0.819. The van der Waals surface area contributed by atoms with Gasteiger partial charge >= 0.3 is 12.0 Å². The molecule has 5 nitrogen and oxygen atoms in total. The van der Waals surface area contributed by atoms with Crippen molar-refractivity contribution in [2.75, 3.05) is 11.9 Å². The Morgan fingerprint density at radius 2 is 2.11 bits per heavy atom. The highest BCUT2D eigenvalue weighted by Crippen LogP contribution is 2.45. The number of hydrogen-bond donors (Lipinski definition) is 3. The van der Waals surface area contributed by atoms with E-state index in [9.17, 15) is 9.59 Å². The Morgan fingerprint density at radius 1 is 1.42 bits per heavy atom. The maximum Gasteiger partial charge on any atom is 0.319 e. The predicted octanol–water partition coefficient (Wildman–Crippen LogP) is 2.93. The topological polar surface area (TPSA) is 78.4 Å². The monoisotopic (exact) mass is 394 g/mol. The van der Waals surface area contributed by atoms with Crippen LogP contribution in [-0.2, 0) is 4.79 Å². The number of amides is 2. The molecule has 0 radical (unpaired) electrons. The molecule has 1 aromatic rings. The maximum absolute atomic E-state index is 11.7. The minimum absolute atomic E-state index is 0.151. The van der Waals surface area contributed by atoms with E-state index in [-0.39, 0.29) is 6.54 Å². The molecule has 0 saturated heterocycles. The quantitative estimate of drug-likeness (QED) is 0.687. The molecular formula is C12H12ClIN2O3. The van der Waals surface area contributed by atoms with Crippen LogP contribution in [0, 0.1) is 8.99 Å². The number of halogens is 2. The average molecular weight is 395 g/mol. The van der Waals surface area contributed by atoms with E-state index in [1.165, 1.54) is 0 Å². The van der Waals surface area contributed by atoms with Gasteiger partial charge in [0.2, 0.25) is 0 Å². The van der Waals surface area contributed by atoms with Crippen molar-refractivity contribution in [3.05, 3.63) is 26.8 Å². The van der Waals surface area contributed by atoms with Crippen molar-refractivity contribution in [2.45, 2.75) is 12.8 Å². The summed E-state index contributed by atoms with van der Waals surface area (Å²) in [5.41, 5.74) is -0.118. The third-order valence-electron chi connectivity index (χ3n) is 3.07. The summed E-state index contributed by atoms with van der Waals surface area (Å²) in [7, 11) is 0. The second-order valence-corrected chi connectivity index (χ2v) is 6.12. The minimum atomic E-state index is -0.853. The molecule has 102 valence electrons. The second-order valence-electron chi connectivity index (χ2n) is 4.52. The van der Waals surface area contributed by atoms with Gasteiger partial charge in [0.05, 0.1) is 11.1 Å². The van der Waals surface area contributed by atoms with Crippen molar-refractivity contribution in [1.29, 1.82) is 0 Å². The van der Waals surface area contributed by atoms with E-state index in [0.29, 0.717) is 23.6 Å². The van der Waals surface area contributed by atoms with E-state index in [2.05, 4.69) is 33.2 Å². The number of carboxylic acids is 1. The lowest BCUT2D eigenvalue weighted by molar-refractivity contribution is -0.143. The lowest BCUT2D eigenvalue weighted by Crippen LogP contribution is -2.36. The van der Waals surface area contributed by atoms with E-state index in [1.54, 1.807) is 18.2 Å². The molecule has 0 bridgehead atoms. The molecular weight excluding hydrogens is 382 g/mol. The summed E-state index contributed by atoms with van der Waals surface area (Å²) >= 11 is 7.89. The van der Waals surface area contributed by atoms with E-state index >= 15 is 0 Å². The number of aliphatic carboxylic acids is 1. The average Bonchev–Trinajstić information content (AvgIpc) is 3.11. The summed E-state index contributed by atoms with van der Waals surface area (Å²) in [6.45, 7) is 0.151. The summed E-state index contributed by atoms with van der Waals surface area (Å²) in [5.74, 6) is -0.853. The molecule has 1 aromatic carbocycles. The van der Waals surface area contributed by atoms with Gasteiger partial charge in [0.25, 0.3) is 0 Å². The van der Waals surface area contributed by atoms with Gasteiger partial charge in [-0.3, -0.25) is 4.79 Å². The molecule has 3 N–H and O–H groups in total. The molecule has 0 heterocycles. The summed E-state index contributed by atoms with van der Waals surface area (Å²) in [6, 6.07) is 4.71. The number of anilines is 1. The molecule has 0 unspecified atom stereocenters. The first-order valence-electron chi connectivity index (χ1n) is 5.66. The van der Waals surface area contributed by atoms with Crippen LogP contribution in [-0.4, -0.2) is 23.7 Å². The van der Waals surface area contributed by atoms with Gasteiger partial charge in [-0.25, -0.2) is 4.79 Å². The fourth-order valence-corrected chi connectivity index (χ4v) is 2.63. The zero-order chi connectivity index (χ0) is 14.0. The van der Waals surface area contributed by atoms with Gasteiger partial charge < -0.3 is 15.7 Å². The normalized spacial score (nSPS) is 15.7. The van der Waals surface area contributed by atoms with Gasteiger partial charge in [0.1, 0.15) is 0 Å². The van der Waals surface area contributed by atoms with Crippen LogP contribution in [0.15, 0.2) is 18.2 Å². The van der Waals surface area contributed by atoms with Crippen molar-refractivity contribution < 1.29 is 14.7 Å². The largest absolute Gasteiger partial charge is 0.481 e. The SMILES string of the molecule is O=C(NCC1(C(=O)O)CC1)Nc1ccc(Cl)cc1I. The minimum Gasteiger partial charge on any atom is -0.481 e. The lowest BCUT2D eigenvalue weighted by atomic mass is 10.1. The molecule has 1 aliphatic rings. The Hall–Kier alpha value is -1.02. The van der Waals surface area contributed by atoms with Crippen LogP contribution in [0.3, 0.4) is 0 Å². The van der Waals surface area contributed by atoms with Crippen LogP contribution < -0.4 is 10.6 Å². The second kappa shape index (κ2) is 5.54. The van der Waals surface area contributed by atoms with E-state index in [1.807, 2.05) is 0 Å². The molecule has 1 fully saturated rings. The number of rotatable bonds is 4. The van der Waals surface area contributed by atoms with Crippen molar-refractivity contribution in [1.82, 2.24) is 5.32 Å². The van der Waals surface area contributed by atoms with Crippen LogP contribution in [0.1, 0.15) is 12.8 Å². The molecule has 2 rings (SSSR count). The van der Waals surface area contributed by atoms with E-state index in [0.717, 1.165) is 3.57 Å². The zero-order valence-electron chi connectivity index (χ0n) is 9.87. The summed E-state index contributed by atoms with van der Waals surface area (Å²) in [6.07, 6.45) is 1.22. The fraction of sp³-hybridized carbons (Fsp3) is 0.333. The zero-order valence-corrected chi connectivity index (χ0v) is 12.8. The number of carbonyl (C=O) groups excluding carboxylic acids is 1. The van der Waals surface area contributed by atoms with Gasteiger partial charge in [0, 0.05) is 15.1 Å². The van der Waals surface area contributed by atoms with Crippen molar-refractivity contribution in [3.8, 4) is 0 Å². The molecule has 0 aliphatic heterocycles. The highest BCUT2D eigenvalue weighted by Gasteiger charge is 2.50. The maximum atomic E-state index is 11.7. The number of urea groups is 1. The Bertz CT molecular complexity index is 532. The Morgan fingerprint density at radius 3 is 2.63 bits per heavy atom. The molecule has 7 heteroatoms. The van der Waals surface area contributed by atoms with Gasteiger partial charge in [-0.15, -0.1) is 0 Å². The molecule has 19 heavy (non-hydrogen) atoms. The van der Waals surface area contributed by atoms with Crippen LogP contribution in [0.25, 0.3) is 0 Å². The van der Waals surface area contributed by atoms with Crippen molar-refractivity contribution >= 4 is 51.9 Å². The Kier molecular flexibility index (Phi) is 4.19. The number of benzene rings is 1. The smallest absolute Gasteiger partial charge is 0.319 e. The highest BCUT2D eigenvalue weighted by atomic mass is 127. The first kappa shape index (κ1) is 14.4. The van der Waals surface area contributed by atoms with Crippen LogP contribution in [0.5, 0.6) is 0 Å². The molecule has 2 amide bonds. The van der Waals surface area contributed by atoms with Gasteiger partial charge in [-0.1, -0.05) is 11.6 Å². The number of carboxylic acid groups (broad SMARTS) is 1. The predicted molar refractivity (Wildman–Crippen MR) is 80.5 cm³/mol. The van der Waals surface area contributed by atoms with E-state index in [4.69, 9.17) is 16.7 Å². The molecule has 0 aromatic heterocycles. The number of hydrogen-bond acceptors (Lipinski definition) is 2. The molecule has 1 saturated carbocycles. The molecule has 0 spiro atoms. The highest BCUT2D eigenvalue weighted by molar-refractivity contribution is 14.1. The fourth-order valence-electron chi connectivity index (χ4n) is 1.62. The Balaban J connectivity index is 1.89. The van der Waals surface area contributed by atoms with Crippen LogP contribution >= 0.6 is 34.2 Å². The lowest BCUT2D eigenvalue weighted by Gasteiger charge is -2.12. The van der Waals surface area contributed by atoms with Crippen molar-refractivity contribution in [2.24, 2.45) is 5.41 Å². The van der Waals surface area contributed by atoms with Crippen LogP contribution in [0.4, 0.5) is 10.5 Å². The van der Waals surface area contributed by atoms with Crippen molar-refractivity contribution in [3.63, 3.8) is 0 Å². The third-order valence-corrected chi connectivity index (χ3v) is 4.20. The third kappa shape index (κ3) is 3.50. The first-order valence-corrected chi connectivity index (χ1v) is 7.12. The Labute approximate surface area is 128 Å². The molecule has 1 aliphatic carbocycles. The standard InChI is InChI=1S/C12H12ClIN2O3/c13-7-1-2-9(8(14)5-7)16-11(19)15-6-12(3-4-12)10(17)18/h1-2,5H,3-4,6H2,(H,17,18)(H2,15,16,19).